The third-order valence-corrected chi connectivity index (χ3v) is 8.89. The van der Waals surface area contributed by atoms with Crippen molar-refractivity contribution in [1.29, 1.82) is 0 Å². The van der Waals surface area contributed by atoms with Gasteiger partial charge in [0.1, 0.15) is 18.2 Å². The van der Waals surface area contributed by atoms with Crippen LogP contribution in [-0.2, 0) is 21.4 Å². The Morgan fingerprint density at radius 1 is 1.18 bits per heavy atom. The van der Waals surface area contributed by atoms with Gasteiger partial charge in [0, 0.05) is 13.1 Å². The second kappa shape index (κ2) is 8.44. The number of carbonyl (C=O) groups excluding carboxylic acids is 1. The number of benzene rings is 2. The molecule has 3 N–H and O–H groups in total. The number of sulfonamides is 1. The van der Waals surface area contributed by atoms with Crippen molar-refractivity contribution < 1.29 is 23.2 Å². The molecule has 0 aliphatic heterocycles. The van der Waals surface area contributed by atoms with Gasteiger partial charge in [-0.25, -0.2) is 18.9 Å². The van der Waals surface area contributed by atoms with Crippen LogP contribution in [0.2, 0.25) is 0 Å². The van der Waals surface area contributed by atoms with Crippen LogP contribution in [0.4, 0.5) is 0 Å². The molecule has 1 heterocycles. The lowest BCUT2D eigenvalue weighted by Gasteiger charge is -2.35. The standard InChI is InChI=1S/C23H26N4O5S/c1-27(22-15-7-6-14(12-15)21(22)23(28)26-29)33(30,31)17-10-8-16(9-11-17)32-13-20-24-18-4-2-3-5-19(18)25-20/h2-5,8-11,14-15,21-22,29H,6-7,12-13H2,1H3,(H,24,25)(H,26,28)/t14?,15?,21-,22+/m0/s1. The van der Waals surface area contributed by atoms with E-state index in [1.54, 1.807) is 17.6 Å². The van der Waals surface area contributed by atoms with Gasteiger partial charge in [-0.05, 0) is 67.5 Å². The molecular formula is C23H26N4O5S. The predicted octanol–water partition coefficient (Wildman–Crippen LogP) is 2.68. The maximum Gasteiger partial charge on any atom is 0.248 e. The summed E-state index contributed by atoms with van der Waals surface area (Å²) >= 11 is 0. The molecule has 2 fully saturated rings. The first-order chi connectivity index (χ1) is 15.9. The molecule has 1 aromatic heterocycles. The first kappa shape index (κ1) is 21.9. The van der Waals surface area contributed by atoms with Crippen LogP contribution in [0.5, 0.6) is 5.75 Å². The van der Waals surface area contributed by atoms with Crippen molar-refractivity contribution in [2.24, 2.45) is 17.8 Å². The zero-order valence-electron chi connectivity index (χ0n) is 18.1. The van der Waals surface area contributed by atoms with E-state index in [9.17, 15) is 13.2 Å². The number of hydroxylamine groups is 1. The van der Waals surface area contributed by atoms with E-state index >= 15 is 0 Å². The number of aromatic amines is 1. The number of ether oxygens (including phenoxy) is 1. The van der Waals surface area contributed by atoms with Crippen LogP contribution in [0.15, 0.2) is 53.4 Å². The normalized spacial score (nSPS) is 24.5. The van der Waals surface area contributed by atoms with Crippen LogP contribution in [-0.4, -0.2) is 46.9 Å². The molecule has 2 aliphatic rings. The van der Waals surface area contributed by atoms with Crippen LogP contribution in [0, 0.1) is 17.8 Å². The third kappa shape index (κ3) is 3.88. The van der Waals surface area contributed by atoms with E-state index < -0.39 is 27.9 Å². The number of carbonyl (C=O) groups is 1. The number of nitrogens with one attached hydrogen (secondary N) is 2. The summed E-state index contributed by atoms with van der Waals surface area (Å²) in [6.07, 6.45) is 2.57. The van der Waals surface area contributed by atoms with Crippen molar-refractivity contribution in [1.82, 2.24) is 19.8 Å². The number of imidazole rings is 1. The number of hydrogen-bond acceptors (Lipinski definition) is 6. The Morgan fingerprint density at radius 2 is 1.91 bits per heavy atom. The second-order valence-corrected chi connectivity index (χ2v) is 10.8. The lowest BCUT2D eigenvalue weighted by Crippen LogP contribution is -2.50. The van der Waals surface area contributed by atoms with Crippen molar-refractivity contribution in [2.75, 3.05) is 7.05 Å². The first-order valence-corrected chi connectivity index (χ1v) is 12.4. The Labute approximate surface area is 191 Å². The summed E-state index contributed by atoms with van der Waals surface area (Å²) in [4.78, 5) is 20.1. The van der Waals surface area contributed by atoms with E-state index in [2.05, 4.69) is 9.97 Å². The highest BCUT2D eigenvalue weighted by Gasteiger charge is 2.54. The van der Waals surface area contributed by atoms with Crippen LogP contribution >= 0.6 is 0 Å². The lowest BCUT2D eigenvalue weighted by atomic mass is 9.84. The molecule has 4 atom stereocenters. The Morgan fingerprint density at radius 3 is 2.64 bits per heavy atom. The lowest BCUT2D eigenvalue weighted by molar-refractivity contribution is -0.136. The number of hydrogen-bond donors (Lipinski definition) is 3. The Kier molecular flexibility index (Phi) is 5.59. The number of fused-ring (bicyclic) bond motifs is 3. The highest BCUT2D eigenvalue weighted by Crippen LogP contribution is 2.51. The van der Waals surface area contributed by atoms with E-state index in [4.69, 9.17) is 9.94 Å². The predicted molar refractivity (Wildman–Crippen MR) is 120 cm³/mol. The zero-order chi connectivity index (χ0) is 23.2. The summed E-state index contributed by atoms with van der Waals surface area (Å²) in [7, 11) is -2.30. The minimum atomic E-state index is -3.82. The van der Waals surface area contributed by atoms with Gasteiger partial charge in [-0.15, -0.1) is 0 Å². The monoisotopic (exact) mass is 470 g/mol. The van der Waals surface area contributed by atoms with E-state index in [-0.39, 0.29) is 23.3 Å². The Bertz CT molecular complexity index is 1240. The van der Waals surface area contributed by atoms with Gasteiger partial charge in [-0.1, -0.05) is 12.1 Å². The Hall–Kier alpha value is -2.95. The molecule has 9 nitrogen and oxygen atoms in total. The third-order valence-electron chi connectivity index (χ3n) is 7.02. The molecule has 2 aromatic carbocycles. The molecular weight excluding hydrogens is 444 g/mol. The summed E-state index contributed by atoms with van der Waals surface area (Å²) in [5.41, 5.74) is 3.51. The molecule has 174 valence electrons. The van der Waals surface area contributed by atoms with E-state index in [1.807, 2.05) is 24.3 Å². The molecule has 33 heavy (non-hydrogen) atoms. The van der Waals surface area contributed by atoms with Gasteiger partial charge < -0.3 is 9.72 Å². The van der Waals surface area contributed by atoms with Crippen molar-refractivity contribution in [2.45, 2.75) is 36.8 Å². The van der Waals surface area contributed by atoms with Gasteiger partial charge in [-0.3, -0.25) is 10.0 Å². The summed E-state index contributed by atoms with van der Waals surface area (Å²) < 4.78 is 33.7. The fraction of sp³-hybridized carbons (Fsp3) is 0.391. The van der Waals surface area contributed by atoms with Gasteiger partial charge >= 0.3 is 0 Å². The van der Waals surface area contributed by atoms with Crippen LogP contribution < -0.4 is 10.2 Å². The number of aromatic nitrogens is 2. The Balaban J connectivity index is 1.30. The molecule has 0 radical (unpaired) electrons. The van der Waals surface area contributed by atoms with E-state index in [0.29, 0.717) is 11.6 Å². The highest BCUT2D eigenvalue weighted by atomic mass is 32.2. The quantitative estimate of drug-likeness (QED) is 0.360. The van der Waals surface area contributed by atoms with Gasteiger partial charge in [0.25, 0.3) is 0 Å². The molecule has 1 amide bonds. The molecule has 10 heteroatoms. The van der Waals surface area contributed by atoms with Crippen molar-refractivity contribution >= 4 is 27.0 Å². The second-order valence-electron chi connectivity index (χ2n) is 8.81. The molecule has 2 aliphatic carbocycles. The number of amides is 1. The first-order valence-electron chi connectivity index (χ1n) is 11.0. The zero-order valence-corrected chi connectivity index (χ0v) is 19.0. The molecule has 3 aromatic rings. The molecule has 2 saturated carbocycles. The summed E-state index contributed by atoms with van der Waals surface area (Å²) in [6, 6.07) is 13.5. The average Bonchev–Trinajstić information content (AvgIpc) is 3.56. The van der Waals surface area contributed by atoms with Crippen LogP contribution in [0.1, 0.15) is 25.1 Å². The maximum atomic E-state index is 13.3. The van der Waals surface area contributed by atoms with E-state index in [1.165, 1.54) is 23.5 Å². The number of para-hydroxylation sites is 2. The van der Waals surface area contributed by atoms with Gasteiger partial charge in [-0.2, -0.15) is 4.31 Å². The number of H-pyrrole nitrogens is 1. The minimum absolute atomic E-state index is 0.0961. The van der Waals surface area contributed by atoms with Gasteiger partial charge in [0.15, 0.2) is 0 Å². The fourth-order valence-corrected chi connectivity index (χ4v) is 6.92. The van der Waals surface area contributed by atoms with E-state index in [0.717, 1.165) is 30.3 Å². The number of nitrogens with zero attached hydrogens (tertiary/aromatic N) is 2. The van der Waals surface area contributed by atoms with Gasteiger partial charge in [0.05, 0.1) is 21.8 Å². The van der Waals surface area contributed by atoms with Crippen LogP contribution in [0.3, 0.4) is 0 Å². The topological polar surface area (TPSA) is 125 Å². The smallest absolute Gasteiger partial charge is 0.248 e. The number of rotatable bonds is 7. The van der Waals surface area contributed by atoms with Crippen molar-refractivity contribution in [3.8, 4) is 5.75 Å². The molecule has 2 bridgehead atoms. The van der Waals surface area contributed by atoms with Crippen molar-refractivity contribution in [3.05, 3.63) is 54.4 Å². The minimum Gasteiger partial charge on any atom is -0.486 e. The molecule has 0 spiro atoms. The maximum absolute atomic E-state index is 13.3. The van der Waals surface area contributed by atoms with Crippen LogP contribution in [0.25, 0.3) is 11.0 Å². The molecule has 5 rings (SSSR count). The fourth-order valence-electron chi connectivity index (χ4n) is 5.49. The average molecular weight is 471 g/mol. The summed E-state index contributed by atoms with van der Waals surface area (Å²) in [6.45, 7) is 0.226. The summed E-state index contributed by atoms with van der Waals surface area (Å²) in [5.74, 6) is 0.359. The molecule has 0 saturated heterocycles. The molecule has 2 unspecified atom stereocenters. The SMILES string of the molecule is CN([C@@H]1C2CCC(C2)[C@@H]1C(=O)NO)S(=O)(=O)c1ccc(OCc2nc3ccccc3[nH]2)cc1. The largest absolute Gasteiger partial charge is 0.486 e. The van der Waals surface area contributed by atoms with Gasteiger partial charge in [0.2, 0.25) is 15.9 Å². The highest BCUT2D eigenvalue weighted by molar-refractivity contribution is 7.89. The summed E-state index contributed by atoms with van der Waals surface area (Å²) in [5, 5.41) is 9.16. The van der Waals surface area contributed by atoms with Crippen molar-refractivity contribution in [3.63, 3.8) is 0 Å².